The summed E-state index contributed by atoms with van der Waals surface area (Å²) in [7, 11) is 1.24. The largest absolute Gasteiger partial charge is 0.467 e. The molecule has 0 radical (unpaired) electrons. The number of hydrogen-bond donors (Lipinski definition) is 1. The highest BCUT2D eigenvalue weighted by Gasteiger charge is 2.39. The molecule has 0 aliphatic carbocycles. The molecule has 96 valence electrons. The molecule has 1 amide bonds. The number of aliphatic hydroxyl groups is 1. The van der Waals surface area contributed by atoms with Crippen molar-refractivity contribution in [1.82, 2.24) is 4.90 Å². The van der Waals surface area contributed by atoms with Crippen LogP contribution in [-0.4, -0.2) is 41.1 Å². The zero-order chi connectivity index (χ0) is 13.3. The highest BCUT2D eigenvalue weighted by atomic mass is 16.5. The Labute approximate surface area is 105 Å². The monoisotopic (exact) mass is 249 g/mol. The number of esters is 1. The van der Waals surface area contributed by atoms with Crippen LogP contribution in [0.1, 0.15) is 22.8 Å². The van der Waals surface area contributed by atoms with Crippen LogP contribution < -0.4 is 0 Å². The van der Waals surface area contributed by atoms with Gasteiger partial charge in [-0.3, -0.25) is 4.79 Å². The average molecular weight is 249 g/mol. The normalized spacial score (nSPS) is 17.3. The lowest BCUT2D eigenvalue weighted by Gasteiger charge is -2.27. The van der Waals surface area contributed by atoms with Crippen LogP contribution in [-0.2, 0) is 16.1 Å². The first-order valence-corrected chi connectivity index (χ1v) is 5.71. The second-order valence-electron chi connectivity index (χ2n) is 4.30. The molecule has 2 atom stereocenters. The zero-order valence-corrected chi connectivity index (χ0v) is 10.3. The van der Waals surface area contributed by atoms with E-state index in [0.29, 0.717) is 12.1 Å². The highest BCUT2D eigenvalue weighted by molar-refractivity contribution is 6.00. The molecular formula is C13H15NO4. The summed E-state index contributed by atoms with van der Waals surface area (Å²) in [6, 6.07) is 6.20. The van der Waals surface area contributed by atoms with Gasteiger partial charge in [-0.15, -0.1) is 0 Å². The van der Waals surface area contributed by atoms with E-state index in [2.05, 4.69) is 4.74 Å². The third kappa shape index (κ3) is 1.97. The van der Waals surface area contributed by atoms with Crippen LogP contribution in [0.15, 0.2) is 24.3 Å². The lowest BCUT2D eigenvalue weighted by atomic mass is 10.1. The number of benzene rings is 1. The van der Waals surface area contributed by atoms with Gasteiger partial charge in [0, 0.05) is 12.1 Å². The lowest BCUT2D eigenvalue weighted by molar-refractivity contribution is -0.149. The predicted molar refractivity (Wildman–Crippen MR) is 63.8 cm³/mol. The number of amides is 1. The first kappa shape index (κ1) is 12.6. The number of hydrogen-bond acceptors (Lipinski definition) is 4. The first-order chi connectivity index (χ1) is 8.56. The van der Waals surface area contributed by atoms with Gasteiger partial charge in [-0.2, -0.15) is 0 Å². The van der Waals surface area contributed by atoms with E-state index in [-0.39, 0.29) is 5.91 Å². The number of aliphatic hydroxyl groups excluding tert-OH is 1. The van der Waals surface area contributed by atoms with Crippen molar-refractivity contribution in [2.45, 2.75) is 25.6 Å². The summed E-state index contributed by atoms with van der Waals surface area (Å²) in [5.74, 6) is -0.854. The average Bonchev–Trinajstić information content (AvgIpc) is 2.67. The van der Waals surface area contributed by atoms with Gasteiger partial charge < -0.3 is 14.7 Å². The van der Waals surface area contributed by atoms with Crippen molar-refractivity contribution in [2.75, 3.05) is 7.11 Å². The third-order valence-electron chi connectivity index (χ3n) is 3.08. The van der Waals surface area contributed by atoms with Crippen LogP contribution in [0.5, 0.6) is 0 Å². The van der Waals surface area contributed by atoms with E-state index in [1.807, 2.05) is 12.1 Å². The molecule has 2 rings (SSSR count). The van der Waals surface area contributed by atoms with Crippen LogP contribution in [0, 0.1) is 0 Å². The molecule has 5 heteroatoms. The summed E-state index contributed by atoms with van der Waals surface area (Å²) in [6.45, 7) is 1.79. The zero-order valence-electron chi connectivity index (χ0n) is 10.3. The molecule has 1 aromatic carbocycles. The SMILES string of the molecule is COC(=O)C(C(C)O)N1Cc2ccccc2C1=O. The minimum atomic E-state index is -0.976. The van der Waals surface area contributed by atoms with Gasteiger partial charge in [0.2, 0.25) is 0 Å². The molecule has 0 fully saturated rings. The molecule has 1 aliphatic heterocycles. The molecule has 1 heterocycles. The maximum absolute atomic E-state index is 12.2. The van der Waals surface area contributed by atoms with Crippen LogP contribution in [0.25, 0.3) is 0 Å². The fourth-order valence-corrected chi connectivity index (χ4v) is 2.21. The maximum Gasteiger partial charge on any atom is 0.331 e. The minimum absolute atomic E-state index is 0.248. The summed E-state index contributed by atoms with van der Waals surface area (Å²) >= 11 is 0. The topological polar surface area (TPSA) is 66.8 Å². The number of ether oxygens (including phenoxy) is 1. The summed E-state index contributed by atoms with van der Waals surface area (Å²) in [4.78, 5) is 25.2. The predicted octanol–water partition coefficient (Wildman–Crippen LogP) is 0.565. The number of rotatable bonds is 3. The Morgan fingerprint density at radius 1 is 1.44 bits per heavy atom. The van der Waals surface area contributed by atoms with Gasteiger partial charge in [-0.05, 0) is 18.6 Å². The molecule has 1 N–H and O–H groups in total. The van der Waals surface area contributed by atoms with E-state index in [4.69, 9.17) is 0 Å². The van der Waals surface area contributed by atoms with Crippen LogP contribution in [0.3, 0.4) is 0 Å². The van der Waals surface area contributed by atoms with Gasteiger partial charge in [0.25, 0.3) is 5.91 Å². The van der Waals surface area contributed by atoms with Gasteiger partial charge in [0.05, 0.1) is 13.2 Å². The lowest BCUT2D eigenvalue weighted by Crippen LogP contribution is -2.48. The molecule has 0 spiro atoms. The summed E-state index contributed by atoms with van der Waals surface area (Å²) in [5, 5.41) is 9.68. The third-order valence-corrected chi connectivity index (χ3v) is 3.08. The molecule has 0 bridgehead atoms. The quantitative estimate of drug-likeness (QED) is 0.795. The standard InChI is InChI=1S/C13H15NO4/c1-8(15)11(13(17)18-2)14-7-9-5-3-4-6-10(9)12(14)16/h3-6,8,11,15H,7H2,1-2H3. The van der Waals surface area contributed by atoms with E-state index in [1.165, 1.54) is 18.9 Å². The van der Waals surface area contributed by atoms with Crippen molar-refractivity contribution in [3.05, 3.63) is 35.4 Å². The van der Waals surface area contributed by atoms with Crippen molar-refractivity contribution in [2.24, 2.45) is 0 Å². The molecule has 0 saturated carbocycles. The Morgan fingerprint density at radius 2 is 2.11 bits per heavy atom. The van der Waals surface area contributed by atoms with Crippen molar-refractivity contribution in [1.29, 1.82) is 0 Å². The van der Waals surface area contributed by atoms with Gasteiger partial charge in [0.1, 0.15) is 0 Å². The summed E-state index contributed by atoms with van der Waals surface area (Å²) in [5.41, 5.74) is 1.43. The van der Waals surface area contributed by atoms with Gasteiger partial charge in [-0.1, -0.05) is 18.2 Å². The second-order valence-corrected chi connectivity index (χ2v) is 4.30. The highest BCUT2D eigenvalue weighted by Crippen LogP contribution is 2.25. The smallest absolute Gasteiger partial charge is 0.331 e. The second kappa shape index (κ2) is 4.78. The van der Waals surface area contributed by atoms with E-state index in [0.717, 1.165) is 5.56 Å². The number of nitrogens with zero attached hydrogens (tertiary/aromatic N) is 1. The van der Waals surface area contributed by atoms with E-state index in [1.54, 1.807) is 12.1 Å². The Morgan fingerprint density at radius 3 is 2.67 bits per heavy atom. The van der Waals surface area contributed by atoms with E-state index >= 15 is 0 Å². The Kier molecular flexibility index (Phi) is 3.34. The van der Waals surface area contributed by atoms with Crippen molar-refractivity contribution in [3.63, 3.8) is 0 Å². The minimum Gasteiger partial charge on any atom is -0.467 e. The summed E-state index contributed by atoms with van der Waals surface area (Å²) < 4.78 is 4.64. The number of methoxy groups -OCH3 is 1. The Balaban J connectivity index is 2.31. The van der Waals surface area contributed by atoms with Gasteiger partial charge in [0.15, 0.2) is 6.04 Å². The molecule has 0 saturated heterocycles. The summed E-state index contributed by atoms with van der Waals surface area (Å²) in [6.07, 6.45) is -0.976. The molecular weight excluding hydrogens is 234 g/mol. The molecule has 18 heavy (non-hydrogen) atoms. The number of carbonyl (C=O) groups excluding carboxylic acids is 2. The molecule has 1 aromatic rings. The Hall–Kier alpha value is -1.88. The van der Waals surface area contributed by atoms with Crippen LogP contribution >= 0.6 is 0 Å². The fraction of sp³-hybridized carbons (Fsp3) is 0.385. The van der Waals surface area contributed by atoms with Gasteiger partial charge in [-0.25, -0.2) is 4.79 Å². The van der Waals surface area contributed by atoms with Gasteiger partial charge >= 0.3 is 5.97 Å². The van der Waals surface area contributed by atoms with Crippen molar-refractivity contribution < 1.29 is 19.4 Å². The maximum atomic E-state index is 12.2. The molecule has 2 unspecified atom stereocenters. The molecule has 1 aliphatic rings. The number of carbonyl (C=O) groups is 2. The van der Waals surface area contributed by atoms with Crippen molar-refractivity contribution in [3.8, 4) is 0 Å². The van der Waals surface area contributed by atoms with Crippen molar-refractivity contribution >= 4 is 11.9 Å². The number of fused-ring (bicyclic) bond motifs is 1. The van der Waals surface area contributed by atoms with E-state index < -0.39 is 18.1 Å². The molecule has 5 nitrogen and oxygen atoms in total. The van der Waals surface area contributed by atoms with Crippen LogP contribution in [0.2, 0.25) is 0 Å². The molecule has 0 aromatic heterocycles. The fourth-order valence-electron chi connectivity index (χ4n) is 2.21. The first-order valence-electron chi connectivity index (χ1n) is 5.71. The van der Waals surface area contributed by atoms with E-state index in [9.17, 15) is 14.7 Å². The van der Waals surface area contributed by atoms with Crippen LogP contribution in [0.4, 0.5) is 0 Å². The Bertz CT molecular complexity index is 484.